The van der Waals surface area contributed by atoms with Crippen molar-refractivity contribution in [3.05, 3.63) is 94.6 Å². The summed E-state index contributed by atoms with van der Waals surface area (Å²) in [5.74, 6) is 0.526. The normalized spacial score (nSPS) is 16.4. The summed E-state index contributed by atoms with van der Waals surface area (Å²) >= 11 is 0. The molecule has 0 spiro atoms. The van der Waals surface area contributed by atoms with Crippen molar-refractivity contribution >= 4 is 17.4 Å². The molecule has 210 valence electrons. The summed E-state index contributed by atoms with van der Waals surface area (Å²) in [4.78, 5) is 28.0. The van der Waals surface area contributed by atoms with Crippen molar-refractivity contribution in [1.29, 1.82) is 0 Å². The van der Waals surface area contributed by atoms with Crippen LogP contribution >= 0.6 is 0 Å². The van der Waals surface area contributed by atoms with E-state index < -0.39 is 17.7 Å². The van der Waals surface area contributed by atoms with Crippen LogP contribution < -0.4 is 14.2 Å². The lowest BCUT2D eigenvalue weighted by Gasteiger charge is -2.25. The molecule has 40 heavy (non-hydrogen) atoms. The van der Waals surface area contributed by atoms with E-state index in [1.54, 1.807) is 37.4 Å². The highest BCUT2D eigenvalue weighted by Crippen LogP contribution is 2.42. The van der Waals surface area contributed by atoms with Crippen molar-refractivity contribution in [1.82, 2.24) is 4.90 Å². The Morgan fingerprint density at radius 2 is 1.68 bits per heavy atom. The number of amides is 1. The molecule has 0 bridgehead atoms. The van der Waals surface area contributed by atoms with Gasteiger partial charge >= 0.3 is 0 Å². The van der Waals surface area contributed by atoms with Crippen LogP contribution in [0.15, 0.2) is 72.3 Å². The van der Waals surface area contributed by atoms with E-state index in [1.165, 1.54) is 4.90 Å². The molecule has 0 saturated carbocycles. The van der Waals surface area contributed by atoms with Gasteiger partial charge in [0.15, 0.2) is 11.5 Å². The standard InChI is InChI=1S/C33H37NO6/c1-6-16-34-30(24-12-15-27(28(18-24)38-5)40-20-23-10-8-7-9-11-23)29(32(36)33(34)37)31(35)25-13-14-26(22(4)17-25)39-19-21(2)3/h7-15,17-18,21,30,35H,6,16,19-20H2,1-5H3/b31-29+. The van der Waals surface area contributed by atoms with Gasteiger partial charge in [0.1, 0.15) is 18.1 Å². The minimum Gasteiger partial charge on any atom is -0.507 e. The lowest BCUT2D eigenvalue weighted by molar-refractivity contribution is -0.139. The number of aliphatic hydroxyl groups is 1. The van der Waals surface area contributed by atoms with Crippen LogP contribution in [0.1, 0.15) is 55.5 Å². The van der Waals surface area contributed by atoms with Gasteiger partial charge in [0.05, 0.1) is 25.3 Å². The first kappa shape index (κ1) is 28.7. The summed E-state index contributed by atoms with van der Waals surface area (Å²) in [5.41, 5.74) is 2.98. The minimum absolute atomic E-state index is 0.0497. The lowest BCUT2D eigenvalue weighted by Crippen LogP contribution is -2.30. The number of Topliss-reactive ketones (excluding diaryl/α,β-unsaturated/α-hetero) is 1. The number of ketones is 1. The quantitative estimate of drug-likeness (QED) is 0.170. The highest BCUT2D eigenvalue weighted by Gasteiger charge is 2.46. The average Bonchev–Trinajstić information content (AvgIpc) is 3.20. The zero-order valence-corrected chi connectivity index (χ0v) is 23.8. The molecule has 0 aromatic heterocycles. The number of carbonyl (C=O) groups is 2. The molecule has 1 aliphatic rings. The Balaban J connectivity index is 1.72. The van der Waals surface area contributed by atoms with E-state index >= 15 is 0 Å². The third kappa shape index (κ3) is 6.14. The van der Waals surface area contributed by atoms with Crippen molar-refractivity contribution in [3.63, 3.8) is 0 Å². The van der Waals surface area contributed by atoms with Crippen LogP contribution in [0.2, 0.25) is 0 Å². The second-order valence-corrected chi connectivity index (χ2v) is 10.4. The van der Waals surface area contributed by atoms with Crippen LogP contribution in [0.3, 0.4) is 0 Å². The van der Waals surface area contributed by atoms with Gasteiger partial charge in [0, 0.05) is 12.1 Å². The topological polar surface area (TPSA) is 85.3 Å². The van der Waals surface area contributed by atoms with Gasteiger partial charge in [-0.15, -0.1) is 0 Å². The molecule has 1 heterocycles. The lowest BCUT2D eigenvalue weighted by atomic mass is 9.94. The van der Waals surface area contributed by atoms with E-state index in [0.717, 1.165) is 11.1 Å². The van der Waals surface area contributed by atoms with Crippen molar-refractivity contribution < 1.29 is 28.9 Å². The number of aliphatic hydroxyl groups excluding tert-OH is 1. The summed E-state index contributed by atoms with van der Waals surface area (Å²) in [6.07, 6.45) is 0.653. The van der Waals surface area contributed by atoms with E-state index in [9.17, 15) is 14.7 Å². The molecule has 0 radical (unpaired) electrons. The maximum Gasteiger partial charge on any atom is 0.295 e. The minimum atomic E-state index is -0.769. The Morgan fingerprint density at radius 3 is 2.33 bits per heavy atom. The second-order valence-electron chi connectivity index (χ2n) is 10.4. The van der Waals surface area contributed by atoms with Gasteiger partial charge in [-0.05, 0) is 66.3 Å². The van der Waals surface area contributed by atoms with Crippen LogP contribution in [-0.2, 0) is 16.2 Å². The van der Waals surface area contributed by atoms with E-state index in [-0.39, 0.29) is 11.3 Å². The fourth-order valence-electron chi connectivity index (χ4n) is 4.78. The maximum absolute atomic E-state index is 13.3. The van der Waals surface area contributed by atoms with E-state index in [0.29, 0.717) is 60.5 Å². The van der Waals surface area contributed by atoms with Crippen LogP contribution in [0.5, 0.6) is 17.2 Å². The van der Waals surface area contributed by atoms with Crippen LogP contribution in [-0.4, -0.2) is 42.0 Å². The summed E-state index contributed by atoms with van der Waals surface area (Å²) in [7, 11) is 1.54. The predicted molar refractivity (Wildman–Crippen MR) is 155 cm³/mol. The van der Waals surface area contributed by atoms with E-state index in [4.69, 9.17) is 14.2 Å². The van der Waals surface area contributed by atoms with E-state index in [2.05, 4.69) is 13.8 Å². The molecule has 4 rings (SSSR count). The summed E-state index contributed by atoms with van der Waals surface area (Å²) in [6, 6.07) is 19.6. The smallest absolute Gasteiger partial charge is 0.295 e. The number of nitrogens with zero attached hydrogens (tertiary/aromatic N) is 1. The number of methoxy groups -OCH3 is 1. The fourth-order valence-corrected chi connectivity index (χ4v) is 4.78. The Hall–Kier alpha value is -4.26. The van der Waals surface area contributed by atoms with Crippen LogP contribution in [0, 0.1) is 12.8 Å². The van der Waals surface area contributed by atoms with Crippen molar-refractivity contribution in [2.24, 2.45) is 5.92 Å². The zero-order chi connectivity index (χ0) is 28.8. The first-order chi connectivity index (χ1) is 19.2. The molecule has 0 aliphatic carbocycles. The molecule has 3 aromatic rings. The molecule has 3 aromatic carbocycles. The number of likely N-dealkylation sites (tertiary alicyclic amines) is 1. The molecule has 1 unspecified atom stereocenters. The van der Waals surface area contributed by atoms with Gasteiger partial charge in [-0.1, -0.05) is 57.2 Å². The number of rotatable bonds is 11. The summed E-state index contributed by atoms with van der Waals surface area (Å²) in [5, 5.41) is 11.4. The van der Waals surface area contributed by atoms with Crippen LogP contribution in [0.4, 0.5) is 0 Å². The Kier molecular flexibility index (Phi) is 9.15. The number of ether oxygens (including phenoxy) is 3. The highest BCUT2D eigenvalue weighted by atomic mass is 16.5. The first-order valence-electron chi connectivity index (χ1n) is 13.6. The molecular weight excluding hydrogens is 506 g/mol. The number of carbonyl (C=O) groups excluding carboxylic acids is 2. The summed E-state index contributed by atoms with van der Waals surface area (Å²) in [6.45, 7) is 9.27. The Bertz CT molecular complexity index is 1400. The largest absolute Gasteiger partial charge is 0.507 e. The van der Waals surface area contributed by atoms with Crippen molar-refractivity contribution in [2.75, 3.05) is 20.3 Å². The molecule has 1 atom stereocenters. The van der Waals surface area contributed by atoms with Gasteiger partial charge in [-0.2, -0.15) is 0 Å². The van der Waals surface area contributed by atoms with Gasteiger partial charge in [0.25, 0.3) is 11.7 Å². The zero-order valence-electron chi connectivity index (χ0n) is 23.8. The fraction of sp³-hybridized carbons (Fsp3) is 0.333. The van der Waals surface area contributed by atoms with Gasteiger partial charge in [-0.3, -0.25) is 9.59 Å². The van der Waals surface area contributed by atoms with E-state index in [1.807, 2.05) is 50.2 Å². The Labute approximate surface area is 236 Å². The molecule has 1 aliphatic heterocycles. The molecule has 1 amide bonds. The van der Waals surface area contributed by atoms with Crippen molar-refractivity contribution in [3.8, 4) is 17.2 Å². The second kappa shape index (κ2) is 12.7. The molecule has 7 heteroatoms. The SMILES string of the molecule is CCCN1C(=O)C(=O)/C(=C(/O)c2ccc(OCC(C)C)c(C)c2)C1c1ccc(OCc2ccccc2)c(OC)c1. The monoisotopic (exact) mass is 543 g/mol. The maximum atomic E-state index is 13.3. The third-order valence-corrected chi connectivity index (χ3v) is 6.77. The van der Waals surface area contributed by atoms with Crippen molar-refractivity contribution in [2.45, 2.75) is 46.8 Å². The average molecular weight is 544 g/mol. The number of hydrogen-bond donors (Lipinski definition) is 1. The molecule has 7 nitrogen and oxygen atoms in total. The first-order valence-corrected chi connectivity index (χ1v) is 13.6. The van der Waals surface area contributed by atoms with Gasteiger partial charge < -0.3 is 24.2 Å². The van der Waals surface area contributed by atoms with Crippen LogP contribution in [0.25, 0.3) is 5.76 Å². The highest BCUT2D eigenvalue weighted by molar-refractivity contribution is 6.46. The van der Waals surface area contributed by atoms with Gasteiger partial charge in [0.2, 0.25) is 0 Å². The number of benzene rings is 3. The third-order valence-electron chi connectivity index (χ3n) is 6.77. The number of hydrogen-bond acceptors (Lipinski definition) is 6. The number of aryl methyl sites for hydroxylation is 1. The summed E-state index contributed by atoms with van der Waals surface area (Å²) < 4.78 is 17.5. The molecule has 1 fully saturated rings. The Morgan fingerprint density at radius 1 is 0.950 bits per heavy atom. The predicted octanol–water partition coefficient (Wildman–Crippen LogP) is 6.45. The molecule has 1 saturated heterocycles. The molecule has 1 N–H and O–H groups in total. The van der Waals surface area contributed by atoms with Gasteiger partial charge in [-0.25, -0.2) is 0 Å². The molecular formula is C33H37NO6.